The Bertz CT molecular complexity index is 347. The molecule has 0 saturated heterocycles. The van der Waals surface area contributed by atoms with Crippen molar-refractivity contribution in [2.45, 2.75) is 19.8 Å². The first-order valence-electron chi connectivity index (χ1n) is 5.08. The minimum atomic E-state index is -0.0644. The van der Waals surface area contributed by atoms with Crippen LogP contribution in [0.25, 0.3) is 0 Å². The zero-order valence-corrected chi connectivity index (χ0v) is 8.82. The molecule has 3 heteroatoms. The average Bonchev–Trinajstić information content (AvgIpc) is 2.27. The van der Waals surface area contributed by atoms with E-state index in [0.29, 0.717) is 24.9 Å². The quantitative estimate of drug-likeness (QED) is 0.741. The molecule has 0 aliphatic carbocycles. The van der Waals surface area contributed by atoms with Crippen LogP contribution >= 0.6 is 0 Å². The predicted octanol–water partition coefficient (Wildman–Crippen LogP) is 1.57. The van der Waals surface area contributed by atoms with E-state index >= 15 is 0 Å². The third-order valence-electron chi connectivity index (χ3n) is 2.08. The van der Waals surface area contributed by atoms with Crippen molar-refractivity contribution in [2.24, 2.45) is 0 Å². The molecule has 0 radical (unpaired) electrons. The van der Waals surface area contributed by atoms with E-state index < -0.39 is 0 Å². The molecule has 0 aromatic heterocycles. The van der Waals surface area contributed by atoms with E-state index in [1.54, 1.807) is 6.07 Å². The fourth-order valence-corrected chi connectivity index (χ4v) is 1.36. The van der Waals surface area contributed by atoms with Crippen LogP contribution in [0.15, 0.2) is 24.3 Å². The predicted molar refractivity (Wildman–Crippen MR) is 58.8 cm³/mol. The first-order chi connectivity index (χ1) is 7.27. The number of carbonyl (C=O) groups excluding carboxylic acids is 2. The molecule has 1 aromatic carbocycles. The molecular formula is C12H15NO2. The summed E-state index contributed by atoms with van der Waals surface area (Å²) in [5.41, 5.74) is 1.67. The lowest BCUT2D eigenvalue weighted by Gasteiger charge is -2.04. The minimum Gasteiger partial charge on any atom is -0.352 e. The molecule has 0 fully saturated rings. The maximum Gasteiger partial charge on any atom is 0.251 e. The van der Waals surface area contributed by atoms with Crippen molar-refractivity contribution in [1.29, 1.82) is 0 Å². The van der Waals surface area contributed by atoms with Gasteiger partial charge in [0.1, 0.15) is 6.29 Å². The molecule has 1 N–H and O–H groups in total. The Labute approximate surface area is 89.5 Å². The van der Waals surface area contributed by atoms with Gasteiger partial charge in [-0.05, 0) is 31.0 Å². The summed E-state index contributed by atoms with van der Waals surface area (Å²) in [4.78, 5) is 21.7. The Kier molecular flexibility index (Phi) is 4.54. The van der Waals surface area contributed by atoms with Crippen LogP contribution in [0.4, 0.5) is 0 Å². The average molecular weight is 205 g/mol. The molecule has 0 heterocycles. The van der Waals surface area contributed by atoms with Gasteiger partial charge in [-0.2, -0.15) is 0 Å². The van der Waals surface area contributed by atoms with E-state index in [1.807, 2.05) is 25.1 Å². The molecule has 0 saturated carbocycles. The highest BCUT2D eigenvalue weighted by molar-refractivity contribution is 5.94. The number of hydrogen-bond acceptors (Lipinski definition) is 2. The summed E-state index contributed by atoms with van der Waals surface area (Å²) in [7, 11) is 0. The molecule has 0 bridgehead atoms. The van der Waals surface area contributed by atoms with Crippen LogP contribution in [0.2, 0.25) is 0 Å². The summed E-state index contributed by atoms with van der Waals surface area (Å²) in [5, 5.41) is 2.74. The van der Waals surface area contributed by atoms with E-state index in [1.165, 1.54) is 0 Å². The van der Waals surface area contributed by atoms with Gasteiger partial charge in [0.15, 0.2) is 0 Å². The summed E-state index contributed by atoms with van der Waals surface area (Å²) in [6.07, 6.45) is 2.08. The Balaban J connectivity index is 2.73. The minimum absolute atomic E-state index is 0.0644. The van der Waals surface area contributed by atoms with Crippen molar-refractivity contribution in [2.75, 3.05) is 6.54 Å². The second kappa shape index (κ2) is 5.96. The lowest BCUT2D eigenvalue weighted by molar-refractivity contribution is -0.107. The summed E-state index contributed by atoms with van der Waals surface area (Å²) >= 11 is 0. The van der Waals surface area contributed by atoms with Gasteiger partial charge in [0.2, 0.25) is 0 Å². The van der Waals surface area contributed by atoms with Gasteiger partial charge >= 0.3 is 0 Å². The molecule has 3 nitrogen and oxygen atoms in total. The number of amides is 1. The molecule has 0 unspecified atom stereocenters. The summed E-state index contributed by atoms with van der Waals surface area (Å²) < 4.78 is 0. The highest BCUT2D eigenvalue weighted by Crippen LogP contribution is 2.07. The summed E-state index contributed by atoms with van der Waals surface area (Å²) in [5.74, 6) is -0.0644. The van der Waals surface area contributed by atoms with Gasteiger partial charge in [-0.3, -0.25) is 4.79 Å². The maximum atomic E-state index is 11.5. The number of rotatable bonds is 5. The Hall–Kier alpha value is -1.64. The van der Waals surface area contributed by atoms with E-state index in [4.69, 9.17) is 0 Å². The van der Waals surface area contributed by atoms with E-state index in [0.717, 1.165) is 11.8 Å². The molecule has 1 amide bonds. The number of aldehydes is 1. The molecule has 0 aliphatic heterocycles. The van der Waals surface area contributed by atoms with Crippen LogP contribution < -0.4 is 5.32 Å². The number of nitrogens with one attached hydrogen (secondary N) is 1. The van der Waals surface area contributed by atoms with Crippen molar-refractivity contribution in [1.82, 2.24) is 5.32 Å². The van der Waals surface area contributed by atoms with Crippen LogP contribution in [0, 0.1) is 0 Å². The van der Waals surface area contributed by atoms with Gasteiger partial charge in [0.25, 0.3) is 5.91 Å². The number of benzene rings is 1. The van der Waals surface area contributed by atoms with Gasteiger partial charge in [0, 0.05) is 18.5 Å². The zero-order chi connectivity index (χ0) is 11.1. The molecule has 0 aliphatic rings. The van der Waals surface area contributed by atoms with Crippen molar-refractivity contribution >= 4 is 12.2 Å². The smallest absolute Gasteiger partial charge is 0.251 e. The number of hydrogen-bond donors (Lipinski definition) is 1. The monoisotopic (exact) mass is 205 g/mol. The number of carbonyl (C=O) groups is 2. The highest BCUT2D eigenvalue weighted by Gasteiger charge is 2.03. The fraction of sp³-hybridized carbons (Fsp3) is 0.333. The fourth-order valence-electron chi connectivity index (χ4n) is 1.36. The Morgan fingerprint density at radius 1 is 1.47 bits per heavy atom. The summed E-state index contributed by atoms with van der Waals surface area (Å²) in [6.45, 7) is 2.51. The van der Waals surface area contributed by atoms with Gasteiger partial charge in [-0.1, -0.05) is 12.1 Å². The third kappa shape index (κ3) is 3.54. The van der Waals surface area contributed by atoms with Crippen molar-refractivity contribution in [3.05, 3.63) is 35.4 Å². The van der Waals surface area contributed by atoms with Gasteiger partial charge in [-0.15, -0.1) is 0 Å². The Morgan fingerprint density at radius 2 is 2.27 bits per heavy atom. The van der Waals surface area contributed by atoms with Crippen LogP contribution in [0.3, 0.4) is 0 Å². The molecule has 0 atom stereocenters. The molecular weight excluding hydrogens is 190 g/mol. The summed E-state index contributed by atoms with van der Waals surface area (Å²) in [6, 6.07) is 7.36. The van der Waals surface area contributed by atoms with Gasteiger partial charge < -0.3 is 10.1 Å². The van der Waals surface area contributed by atoms with Crippen molar-refractivity contribution < 1.29 is 9.59 Å². The van der Waals surface area contributed by atoms with Crippen LogP contribution in [-0.4, -0.2) is 18.7 Å². The van der Waals surface area contributed by atoms with E-state index in [9.17, 15) is 9.59 Å². The second-order valence-electron chi connectivity index (χ2n) is 3.27. The topological polar surface area (TPSA) is 46.2 Å². The van der Waals surface area contributed by atoms with Crippen LogP contribution in [0.1, 0.15) is 29.3 Å². The third-order valence-corrected chi connectivity index (χ3v) is 2.08. The van der Waals surface area contributed by atoms with Crippen LogP contribution in [-0.2, 0) is 11.2 Å². The molecule has 80 valence electrons. The molecule has 1 rings (SSSR count). The standard InChI is InChI=1S/C12H15NO2/c1-2-13-12(15)11-7-3-5-10(9-11)6-4-8-14/h3,5,7-9H,2,4,6H2,1H3,(H,13,15). The molecule has 0 spiro atoms. The van der Waals surface area contributed by atoms with Gasteiger partial charge in [0.05, 0.1) is 0 Å². The van der Waals surface area contributed by atoms with Crippen LogP contribution in [0.5, 0.6) is 0 Å². The molecule has 1 aromatic rings. The van der Waals surface area contributed by atoms with Crippen molar-refractivity contribution in [3.8, 4) is 0 Å². The van der Waals surface area contributed by atoms with E-state index in [-0.39, 0.29) is 5.91 Å². The van der Waals surface area contributed by atoms with Crippen molar-refractivity contribution in [3.63, 3.8) is 0 Å². The SMILES string of the molecule is CCNC(=O)c1cccc(CCC=O)c1. The highest BCUT2D eigenvalue weighted by atomic mass is 16.1. The molecule has 15 heavy (non-hydrogen) atoms. The largest absolute Gasteiger partial charge is 0.352 e. The number of aryl methyl sites for hydroxylation is 1. The zero-order valence-electron chi connectivity index (χ0n) is 8.82. The first-order valence-corrected chi connectivity index (χ1v) is 5.08. The van der Waals surface area contributed by atoms with Gasteiger partial charge in [-0.25, -0.2) is 0 Å². The maximum absolute atomic E-state index is 11.5. The lowest BCUT2D eigenvalue weighted by Crippen LogP contribution is -2.22. The first kappa shape index (κ1) is 11.4. The lowest BCUT2D eigenvalue weighted by atomic mass is 10.1. The second-order valence-corrected chi connectivity index (χ2v) is 3.27. The normalized spacial score (nSPS) is 9.67. The van der Waals surface area contributed by atoms with E-state index in [2.05, 4.69) is 5.32 Å². The Morgan fingerprint density at radius 3 is 2.93 bits per heavy atom.